The maximum absolute atomic E-state index is 5.93. The van der Waals surface area contributed by atoms with Crippen LogP contribution in [-0.2, 0) is 0 Å². The van der Waals surface area contributed by atoms with Crippen LogP contribution in [0.3, 0.4) is 0 Å². The fourth-order valence-electron chi connectivity index (χ4n) is 2.47. The Hall–Kier alpha value is -1.10. The molecule has 0 aromatic carbocycles. The minimum absolute atomic E-state index is 0.230. The SMILES string of the molecule is CCCNc1nc(Cl)nc(NC2CCC(C)(C)C2)n1. The summed E-state index contributed by atoms with van der Waals surface area (Å²) in [6.07, 6.45) is 4.52. The van der Waals surface area contributed by atoms with Gasteiger partial charge in [-0.1, -0.05) is 20.8 Å². The van der Waals surface area contributed by atoms with E-state index in [1.807, 2.05) is 0 Å². The average Bonchev–Trinajstić information content (AvgIpc) is 2.65. The molecule has 0 bridgehead atoms. The predicted octanol–water partition coefficient (Wildman–Crippen LogP) is 3.34. The van der Waals surface area contributed by atoms with E-state index in [0.29, 0.717) is 23.4 Å². The fraction of sp³-hybridized carbons (Fsp3) is 0.769. The lowest BCUT2D eigenvalue weighted by Gasteiger charge is -2.18. The second-order valence-corrected chi connectivity index (χ2v) is 6.26. The Morgan fingerprint density at radius 3 is 2.63 bits per heavy atom. The minimum atomic E-state index is 0.230. The van der Waals surface area contributed by atoms with Crippen LogP contribution in [0, 0.1) is 5.41 Å². The van der Waals surface area contributed by atoms with Crippen molar-refractivity contribution >= 4 is 23.5 Å². The molecule has 106 valence electrons. The molecule has 1 unspecified atom stereocenters. The van der Waals surface area contributed by atoms with Crippen molar-refractivity contribution in [2.45, 2.75) is 52.5 Å². The normalized spacial score (nSPS) is 21.4. The van der Waals surface area contributed by atoms with Crippen molar-refractivity contribution in [2.24, 2.45) is 5.41 Å². The van der Waals surface area contributed by atoms with E-state index >= 15 is 0 Å². The lowest BCUT2D eigenvalue weighted by atomic mass is 9.92. The molecule has 0 amide bonds. The molecular weight excluding hydrogens is 262 g/mol. The van der Waals surface area contributed by atoms with Crippen LogP contribution >= 0.6 is 11.6 Å². The Morgan fingerprint density at radius 1 is 1.26 bits per heavy atom. The summed E-state index contributed by atoms with van der Waals surface area (Å²) in [4.78, 5) is 12.6. The lowest BCUT2D eigenvalue weighted by molar-refractivity contribution is 0.378. The van der Waals surface area contributed by atoms with Crippen LogP contribution in [0.1, 0.15) is 46.5 Å². The lowest BCUT2D eigenvalue weighted by Crippen LogP contribution is -2.20. The third-order valence-electron chi connectivity index (χ3n) is 3.44. The molecule has 6 heteroatoms. The number of halogens is 1. The molecular formula is C13H22ClN5. The summed E-state index contributed by atoms with van der Waals surface area (Å²) >= 11 is 5.93. The van der Waals surface area contributed by atoms with Crippen LogP contribution < -0.4 is 10.6 Å². The van der Waals surface area contributed by atoms with Crippen LogP contribution in [-0.4, -0.2) is 27.5 Å². The first-order chi connectivity index (χ1) is 8.98. The third-order valence-corrected chi connectivity index (χ3v) is 3.61. The molecule has 1 atom stereocenters. The molecule has 19 heavy (non-hydrogen) atoms. The predicted molar refractivity (Wildman–Crippen MR) is 78.7 cm³/mol. The molecule has 5 nitrogen and oxygen atoms in total. The molecule has 1 aliphatic carbocycles. The summed E-state index contributed by atoms with van der Waals surface area (Å²) in [6.45, 7) is 7.51. The van der Waals surface area contributed by atoms with Gasteiger partial charge in [-0.05, 0) is 42.7 Å². The first-order valence-corrected chi connectivity index (χ1v) is 7.28. The molecule has 2 N–H and O–H groups in total. The minimum Gasteiger partial charge on any atom is -0.354 e. The van der Waals surface area contributed by atoms with Gasteiger partial charge in [0.15, 0.2) is 0 Å². The van der Waals surface area contributed by atoms with E-state index in [0.717, 1.165) is 25.8 Å². The van der Waals surface area contributed by atoms with Crippen LogP contribution in [0.5, 0.6) is 0 Å². The summed E-state index contributed by atoms with van der Waals surface area (Å²) < 4.78 is 0. The van der Waals surface area contributed by atoms with E-state index in [1.54, 1.807) is 0 Å². The first-order valence-electron chi connectivity index (χ1n) is 6.90. The first kappa shape index (κ1) is 14.3. The molecule has 1 aromatic heterocycles. The van der Waals surface area contributed by atoms with Crippen molar-refractivity contribution in [3.63, 3.8) is 0 Å². The van der Waals surface area contributed by atoms with Gasteiger partial charge < -0.3 is 10.6 Å². The summed E-state index contributed by atoms with van der Waals surface area (Å²) in [6, 6.07) is 0.424. The molecule has 1 aromatic rings. The van der Waals surface area contributed by atoms with E-state index in [2.05, 4.69) is 46.4 Å². The third kappa shape index (κ3) is 4.20. The Bertz CT molecular complexity index is 435. The molecule has 0 radical (unpaired) electrons. The van der Waals surface area contributed by atoms with Gasteiger partial charge in [-0.2, -0.15) is 15.0 Å². The van der Waals surface area contributed by atoms with Crippen LogP contribution in [0.15, 0.2) is 0 Å². The van der Waals surface area contributed by atoms with Crippen molar-refractivity contribution in [1.29, 1.82) is 0 Å². The van der Waals surface area contributed by atoms with E-state index in [1.165, 1.54) is 6.42 Å². The highest BCUT2D eigenvalue weighted by Gasteiger charge is 2.31. The van der Waals surface area contributed by atoms with Gasteiger partial charge in [0.25, 0.3) is 0 Å². The van der Waals surface area contributed by atoms with Crippen molar-refractivity contribution in [2.75, 3.05) is 17.2 Å². The fourth-order valence-corrected chi connectivity index (χ4v) is 2.63. The van der Waals surface area contributed by atoms with Gasteiger partial charge in [0, 0.05) is 12.6 Å². The number of aromatic nitrogens is 3. The molecule has 1 saturated carbocycles. The van der Waals surface area contributed by atoms with Gasteiger partial charge in [-0.25, -0.2) is 0 Å². The van der Waals surface area contributed by atoms with Gasteiger partial charge in [0.2, 0.25) is 17.2 Å². The summed E-state index contributed by atoms with van der Waals surface area (Å²) in [5.41, 5.74) is 0.401. The number of hydrogen-bond acceptors (Lipinski definition) is 5. The zero-order valence-electron chi connectivity index (χ0n) is 11.8. The Morgan fingerprint density at radius 2 is 2.00 bits per heavy atom. The molecule has 2 rings (SSSR count). The molecule has 0 aliphatic heterocycles. The molecule has 0 spiro atoms. The highest BCUT2D eigenvalue weighted by Crippen LogP contribution is 2.37. The van der Waals surface area contributed by atoms with Crippen molar-refractivity contribution in [3.05, 3.63) is 5.28 Å². The smallest absolute Gasteiger partial charge is 0.229 e. The van der Waals surface area contributed by atoms with Gasteiger partial charge in [0.05, 0.1) is 0 Å². The van der Waals surface area contributed by atoms with Crippen LogP contribution in [0.2, 0.25) is 5.28 Å². The van der Waals surface area contributed by atoms with E-state index < -0.39 is 0 Å². The average molecular weight is 284 g/mol. The maximum atomic E-state index is 5.93. The molecule has 1 fully saturated rings. The van der Waals surface area contributed by atoms with Crippen molar-refractivity contribution in [1.82, 2.24) is 15.0 Å². The number of anilines is 2. The van der Waals surface area contributed by atoms with E-state index in [9.17, 15) is 0 Å². The number of hydrogen-bond donors (Lipinski definition) is 2. The Labute approximate surface area is 119 Å². The second kappa shape index (κ2) is 5.90. The zero-order chi connectivity index (χ0) is 13.9. The molecule has 0 saturated heterocycles. The maximum Gasteiger partial charge on any atom is 0.229 e. The second-order valence-electron chi connectivity index (χ2n) is 5.93. The summed E-state index contributed by atoms with van der Waals surface area (Å²) in [7, 11) is 0. The Balaban J connectivity index is 2.02. The van der Waals surface area contributed by atoms with Gasteiger partial charge in [-0.3, -0.25) is 0 Å². The van der Waals surface area contributed by atoms with E-state index in [4.69, 9.17) is 11.6 Å². The summed E-state index contributed by atoms with van der Waals surface area (Å²) in [5.74, 6) is 1.11. The van der Waals surface area contributed by atoms with Crippen LogP contribution in [0.4, 0.5) is 11.9 Å². The van der Waals surface area contributed by atoms with Gasteiger partial charge >= 0.3 is 0 Å². The molecule has 1 heterocycles. The Kier molecular flexibility index (Phi) is 4.45. The largest absolute Gasteiger partial charge is 0.354 e. The van der Waals surface area contributed by atoms with E-state index in [-0.39, 0.29) is 5.28 Å². The van der Waals surface area contributed by atoms with Gasteiger partial charge in [0.1, 0.15) is 0 Å². The zero-order valence-corrected chi connectivity index (χ0v) is 12.6. The number of nitrogens with zero attached hydrogens (tertiary/aromatic N) is 3. The topological polar surface area (TPSA) is 62.7 Å². The highest BCUT2D eigenvalue weighted by molar-refractivity contribution is 6.28. The summed E-state index contributed by atoms with van der Waals surface area (Å²) in [5, 5.41) is 6.73. The monoisotopic (exact) mass is 283 g/mol. The van der Waals surface area contributed by atoms with Crippen molar-refractivity contribution in [3.8, 4) is 0 Å². The number of nitrogens with one attached hydrogen (secondary N) is 2. The molecule has 1 aliphatic rings. The quantitative estimate of drug-likeness (QED) is 0.868. The van der Waals surface area contributed by atoms with Gasteiger partial charge in [-0.15, -0.1) is 0 Å². The number of rotatable bonds is 5. The standard InChI is InChI=1S/C13H22ClN5/c1-4-7-15-11-17-10(14)18-12(19-11)16-9-5-6-13(2,3)8-9/h9H,4-8H2,1-3H3,(H2,15,16,17,18,19). The van der Waals surface area contributed by atoms with Crippen molar-refractivity contribution < 1.29 is 0 Å². The van der Waals surface area contributed by atoms with Crippen LogP contribution in [0.25, 0.3) is 0 Å². The highest BCUT2D eigenvalue weighted by atomic mass is 35.5.